The van der Waals surface area contributed by atoms with Crippen LogP contribution in [0.3, 0.4) is 0 Å². The van der Waals surface area contributed by atoms with Gasteiger partial charge in [0.2, 0.25) is 0 Å². The van der Waals surface area contributed by atoms with Crippen molar-refractivity contribution < 1.29 is 9.53 Å². The van der Waals surface area contributed by atoms with Crippen molar-refractivity contribution in [2.75, 3.05) is 13.1 Å². The Morgan fingerprint density at radius 2 is 2.00 bits per heavy atom. The maximum Gasteiger partial charge on any atom is 0.410 e. The van der Waals surface area contributed by atoms with E-state index in [-0.39, 0.29) is 6.09 Å². The van der Waals surface area contributed by atoms with Crippen LogP contribution >= 0.6 is 0 Å². The van der Waals surface area contributed by atoms with Crippen molar-refractivity contribution in [1.82, 2.24) is 14.5 Å². The van der Waals surface area contributed by atoms with Crippen molar-refractivity contribution in [3.8, 4) is 0 Å². The van der Waals surface area contributed by atoms with Gasteiger partial charge in [0.15, 0.2) is 0 Å². The Hall–Kier alpha value is -1.52. The SMILES string of the molecule is Cn1cncc1C1CCN(C(=O)OC(C)(C)C)CC1. The highest BCUT2D eigenvalue weighted by Gasteiger charge is 2.28. The molecule has 1 saturated heterocycles. The number of likely N-dealkylation sites (tertiary alicyclic amines) is 1. The largest absolute Gasteiger partial charge is 0.444 e. The molecule has 106 valence electrons. The predicted octanol–water partition coefficient (Wildman–Crippen LogP) is 2.53. The molecule has 0 N–H and O–H groups in total. The Morgan fingerprint density at radius 1 is 1.37 bits per heavy atom. The number of imidazole rings is 1. The first-order valence-corrected chi connectivity index (χ1v) is 6.81. The quantitative estimate of drug-likeness (QED) is 0.784. The summed E-state index contributed by atoms with van der Waals surface area (Å²) in [5.41, 5.74) is 0.833. The van der Waals surface area contributed by atoms with Gasteiger partial charge in [0, 0.05) is 37.9 Å². The zero-order valence-corrected chi connectivity index (χ0v) is 12.2. The summed E-state index contributed by atoms with van der Waals surface area (Å²) in [5, 5.41) is 0. The van der Waals surface area contributed by atoms with Crippen LogP contribution in [0.4, 0.5) is 4.79 Å². The normalized spacial score (nSPS) is 17.6. The van der Waals surface area contributed by atoms with E-state index in [0.717, 1.165) is 25.9 Å². The molecule has 1 aromatic rings. The average Bonchev–Trinajstić information content (AvgIpc) is 2.73. The van der Waals surface area contributed by atoms with Crippen molar-refractivity contribution in [2.24, 2.45) is 7.05 Å². The molecule has 0 aliphatic carbocycles. The van der Waals surface area contributed by atoms with Crippen LogP contribution in [0.2, 0.25) is 0 Å². The number of ether oxygens (including phenoxy) is 1. The van der Waals surface area contributed by atoms with Crippen LogP contribution in [0.5, 0.6) is 0 Å². The molecule has 19 heavy (non-hydrogen) atoms. The van der Waals surface area contributed by atoms with Gasteiger partial charge in [-0.05, 0) is 33.6 Å². The third-order valence-electron chi connectivity index (χ3n) is 3.42. The molecule has 0 unspecified atom stereocenters. The van der Waals surface area contributed by atoms with Gasteiger partial charge in [-0.2, -0.15) is 0 Å². The lowest BCUT2D eigenvalue weighted by molar-refractivity contribution is 0.0203. The van der Waals surface area contributed by atoms with E-state index in [9.17, 15) is 4.79 Å². The summed E-state index contributed by atoms with van der Waals surface area (Å²) >= 11 is 0. The van der Waals surface area contributed by atoms with Crippen LogP contribution in [0.1, 0.15) is 45.2 Å². The van der Waals surface area contributed by atoms with Gasteiger partial charge in [-0.1, -0.05) is 0 Å². The number of carbonyl (C=O) groups excluding carboxylic acids is 1. The number of nitrogens with zero attached hydrogens (tertiary/aromatic N) is 3. The molecule has 0 radical (unpaired) electrons. The summed E-state index contributed by atoms with van der Waals surface area (Å²) in [6.45, 7) is 7.20. The molecule has 0 bridgehead atoms. The van der Waals surface area contributed by atoms with Gasteiger partial charge in [-0.25, -0.2) is 9.78 Å². The molecule has 5 nitrogen and oxygen atoms in total. The molecule has 0 saturated carbocycles. The van der Waals surface area contributed by atoms with Gasteiger partial charge >= 0.3 is 6.09 Å². The van der Waals surface area contributed by atoms with E-state index in [2.05, 4.69) is 9.55 Å². The molecule has 0 spiro atoms. The second-order valence-corrected chi connectivity index (χ2v) is 6.17. The average molecular weight is 265 g/mol. The second kappa shape index (κ2) is 5.23. The zero-order valence-electron chi connectivity index (χ0n) is 12.2. The van der Waals surface area contributed by atoms with Crippen molar-refractivity contribution in [2.45, 2.75) is 45.1 Å². The number of aromatic nitrogens is 2. The highest BCUT2D eigenvalue weighted by atomic mass is 16.6. The highest BCUT2D eigenvalue weighted by molar-refractivity contribution is 5.68. The Balaban J connectivity index is 1.89. The van der Waals surface area contributed by atoms with Crippen LogP contribution in [0, 0.1) is 0 Å². The molecular weight excluding hydrogens is 242 g/mol. The van der Waals surface area contributed by atoms with Gasteiger partial charge in [0.05, 0.1) is 6.33 Å². The van der Waals surface area contributed by atoms with Crippen molar-refractivity contribution >= 4 is 6.09 Å². The summed E-state index contributed by atoms with van der Waals surface area (Å²) in [4.78, 5) is 17.9. The minimum atomic E-state index is -0.421. The molecule has 2 rings (SSSR count). The van der Waals surface area contributed by atoms with Crippen LogP contribution < -0.4 is 0 Å². The number of aryl methyl sites for hydroxylation is 1. The van der Waals surface area contributed by atoms with E-state index in [1.807, 2.05) is 40.3 Å². The summed E-state index contributed by atoms with van der Waals surface area (Å²) in [6.07, 6.45) is 5.50. The fourth-order valence-corrected chi connectivity index (χ4v) is 2.45. The zero-order chi connectivity index (χ0) is 14.0. The minimum absolute atomic E-state index is 0.198. The molecule has 0 aromatic carbocycles. The summed E-state index contributed by atoms with van der Waals surface area (Å²) in [6, 6.07) is 0. The van der Waals surface area contributed by atoms with Crippen molar-refractivity contribution in [3.63, 3.8) is 0 Å². The first kappa shape index (κ1) is 13.9. The molecule has 0 atom stereocenters. The molecule has 1 fully saturated rings. The van der Waals surface area contributed by atoms with Gasteiger partial charge in [0.1, 0.15) is 5.60 Å². The Bertz CT molecular complexity index is 440. The van der Waals surface area contributed by atoms with E-state index < -0.39 is 5.60 Å². The Kier molecular flexibility index (Phi) is 3.83. The number of rotatable bonds is 1. The van der Waals surface area contributed by atoms with E-state index in [1.165, 1.54) is 5.69 Å². The van der Waals surface area contributed by atoms with Gasteiger partial charge in [-0.15, -0.1) is 0 Å². The topological polar surface area (TPSA) is 47.4 Å². The summed E-state index contributed by atoms with van der Waals surface area (Å²) < 4.78 is 7.46. The van der Waals surface area contributed by atoms with Crippen molar-refractivity contribution in [3.05, 3.63) is 18.2 Å². The standard InChI is InChI=1S/C14H23N3O2/c1-14(2,3)19-13(18)17-7-5-11(6-8-17)12-9-15-10-16(12)4/h9-11H,5-8H2,1-4H3. The monoisotopic (exact) mass is 265 g/mol. The number of piperidine rings is 1. The maximum absolute atomic E-state index is 12.0. The lowest BCUT2D eigenvalue weighted by Crippen LogP contribution is -2.41. The number of hydrogen-bond acceptors (Lipinski definition) is 3. The number of hydrogen-bond donors (Lipinski definition) is 0. The van der Waals surface area contributed by atoms with Crippen molar-refractivity contribution in [1.29, 1.82) is 0 Å². The summed E-state index contributed by atoms with van der Waals surface area (Å²) in [7, 11) is 2.02. The molecule has 5 heteroatoms. The van der Waals surface area contributed by atoms with E-state index in [0.29, 0.717) is 5.92 Å². The molecule has 1 aromatic heterocycles. The van der Waals surface area contributed by atoms with E-state index in [4.69, 9.17) is 4.74 Å². The lowest BCUT2D eigenvalue weighted by Gasteiger charge is -2.33. The van der Waals surface area contributed by atoms with E-state index >= 15 is 0 Å². The molecule has 1 aliphatic rings. The second-order valence-electron chi connectivity index (χ2n) is 6.17. The number of carbonyl (C=O) groups is 1. The fraction of sp³-hybridized carbons (Fsp3) is 0.714. The molecule has 1 aliphatic heterocycles. The third kappa shape index (κ3) is 3.49. The first-order chi connectivity index (χ1) is 8.87. The van der Waals surface area contributed by atoms with Gasteiger partial charge in [-0.3, -0.25) is 0 Å². The Morgan fingerprint density at radius 3 is 2.47 bits per heavy atom. The molecular formula is C14H23N3O2. The predicted molar refractivity (Wildman–Crippen MR) is 73.0 cm³/mol. The molecule has 2 heterocycles. The van der Waals surface area contributed by atoms with Gasteiger partial charge in [0.25, 0.3) is 0 Å². The summed E-state index contributed by atoms with van der Waals surface area (Å²) in [5.74, 6) is 0.492. The van der Waals surface area contributed by atoms with E-state index in [1.54, 1.807) is 4.90 Å². The Labute approximate surface area is 114 Å². The maximum atomic E-state index is 12.0. The fourth-order valence-electron chi connectivity index (χ4n) is 2.45. The third-order valence-corrected chi connectivity index (χ3v) is 3.42. The van der Waals surface area contributed by atoms with Gasteiger partial charge < -0.3 is 14.2 Å². The number of amides is 1. The smallest absolute Gasteiger partial charge is 0.410 e. The first-order valence-electron chi connectivity index (χ1n) is 6.81. The minimum Gasteiger partial charge on any atom is -0.444 e. The lowest BCUT2D eigenvalue weighted by atomic mass is 9.94. The van der Waals surface area contributed by atoms with Crippen LogP contribution in [0.25, 0.3) is 0 Å². The molecule has 1 amide bonds. The highest BCUT2D eigenvalue weighted by Crippen LogP contribution is 2.28. The van der Waals surface area contributed by atoms with Crippen LogP contribution in [-0.4, -0.2) is 39.2 Å². The van der Waals surface area contributed by atoms with Crippen LogP contribution in [0.15, 0.2) is 12.5 Å². The van der Waals surface area contributed by atoms with Crippen LogP contribution in [-0.2, 0) is 11.8 Å².